The van der Waals surface area contributed by atoms with Crippen molar-refractivity contribution in [1.82, 2.24) is 10.6 Å². The largest absolute Gasteiger partial charge is 0.496 e. The zero-order chi connectivity index (χ0) is 14.4. The number of benzene rings is 1. The second-order valence-corrected chi connectivity index (χ2v) is 5.23. The van der Waals surface area contributed by atoms with E-state index in [2.05, 4.69) is 26.6 Å². The Morgan fingerprint density at radius 3 is 2.68 bits per heavy atom. The van der Waals surface area contributed by atoms with Crippen LogP contribution in [0.25, 0.3) is 0 Å². The smallest absolute Gasteiger partial charge is 0.315 e. The number of aliphatic hydroxyl groups excluding tert-OH is 1. The monoisotopic (exact) mass is 330 g/mol. The van der Waals surface area contributed by atoms with Crippen LogP contribution in [-0.2, 0) is 0 Å². The molecule has 1 aromatic rings. The second kappa shape index (κ2) is 7.35. The van der Waals surface area contributed by atoms with E-state index < -0.39 is 0 Å². The predicted octanol–water partition coefficient (Wildman–Crippen LogP) is 2.20. The van der Waals surface area contributed by atoms with E-state index in [-0.39, 0.29) is 24.7 Å². The molecule has 0 fully saturated rings. The van der Waals surface area contributed by atoms with Gasteiger partial charge in [0.05, 0.1) is 25.8 Å². The molecule has 0 aliphatic rings. The molecule has 5 nitrogen and oxygen atoms in total. The molecule has 1 aromatic carbocycles. The number of rotatable bonds is 5. The lowest BCUT2D eigenvalue weighted by Crippen LogP contribution is -2.43. The molecule has 3 N–H and O–H groups in total. The van der Waals surface area contributed by atoms with Gasteiger partial charge in [-0.05, 0) is 26.0 Å². The molecule has 1 rings (SSSR count). The minimum atomic E-state index is -0.320. The summed E-state index contributed by atoms with van der Waals surface area (Å²) in [6.07, 6.45) is 0. The van der Waals surface area contributed by atoms with Crippen LogP contribution in [0, 0.1) is 0 Å². The summed E-state index contributed by atoms with van der Waals surface area (Å²) in [6, 6.07) is 4.84. The third-order valence-electron chi connectivity index (χ3n) is 2.66. The molecule has 0 radical (unpaired) electrons. The van der Waals surface area contributed by atoms with E-state index in [4.69, 9.17) is 9.84 Å². The molecule has 0 aromatic heterocycles. The minimum Gasteiger partial charge on any atom is -0.496 e. The lowest BCUT2D eigenvalue weighted by molar-refractivity contribution is 0.218. The van der Waals surface area contributed by atoms with Crippen LogP contribution in [0.4, 0.5) is 4.79 Å². The SMILES string of the molecule is COc1cc(Br)ccc1C(C)NC(=O)N[C@@H](C)CO. The van der Waals surface area contributed by atoms with E-state index >= 15 is 0 Å². The first-order valence-corrected chi connectivity index (χ1v) is 6.78. The van der Waals surface area contributed by atoms with Crippen LogP contribution in [0.1, 0.15) is 25.5 Å². The number of halogens is 1. The van der Waals surface area contributed by atoms with Crippen molar-refractivity contribution in [3.63, 3.8) is 0 Å². The molecular formula is C13H19BrN2O3. The molecule has 0 aliphatic heterocycles. The van der Waals surface area contributed by atoms with Gasteiger partial charge in [-0.1, -0.05) is 22.0 Å². The molecule has 2 atom stereocenters. The van der Waals surface area contributed by atoms with Crippen molar-refractivity contribution in [3.8, 4) is 5.75 Å². The highest BCUT2D eigenvalue weighted by Crippen LogP contribution is 2.28. The van der Waals surface area contributed by atoms with Crippen molar-refractivity contribution in [2.24, 2.45) is 0 Å². The lowest BCUT2D eigenvalue weighted by atomic mass is 10.1. The molecule has 6 heteroatoms. The fraction of sp³-hybridized carbons (Fsp3) is 0.462. The standard InChI is InChI=1S/C13H19BrN2O3/c1-8(7-17)15-13(18)16-9(2)11-5-4-10(14)6-12(11)19-3/h4-6,8-9,17H,7H2,1-3H3,(H2,15,16,18)/t8-,9?/m0/s1. The second-order valence-electron chi connectivity index (χ2n) is 4.31. The van der Waals surface area contributed by atoms with E-state index in [1.165, 1.54) is 0 Å². The van der Waals surface area contributed by atoms with Gasteiger partial charge in [0.1, 0.15) is 5.75 Å². The van der Waals surface area contributed by atoms with Crippen LogP contribution in [0.5, 0.6) is 5.75 Å². The Labute approximate surface area is 121 Å². The van der Waals surface area contributed by atoms with Gasteiger partial charge in [-0.2, -0.15) is 0 Å². The maximum absolute atomic E-state index is 11.7. The molecule has 0 aliphatic carbocycles. The van der Waals surface area contributed by atoms with E-state index in [9.17, 15) is 4.79 Å². The minimum absolute atomic E-state index is 0.0938. The Morgan fingerprint density at radius 2 is 2.11 bits per heavy atom. The molecule has 0 spiro atoms. The molecule has 0 bridgehead atoms. The van der Waals surface area contributed by atoms with Crippen molar-refractivity contribution in [2.45, 2.75) is 25.9 Å². The van der Waals surface area contributed by atoms with Crippen molar-refractivity contribution < 1.29 is 14.6 Å². The van der Waals surface area contributed by atoms with E-state index in [0.717, 1.165) is 10.0 Å². The van der Waals surface area contributed by atoms with Gasteiger partial charge >= 0.3 is 6.03 Å². The predicted molar refractivity (Wildman–Crippen MR) is 77.3 cm³/mol. The zero-order valence-corrected chi connectivity index (χ0v) is 12.8. The fourth-order valence-electron chi connectivity index (χ4n) is 1.63. The van der Waals surface area contributed by atoms with Crippen molar-refractivity contribution >= 4 is 22.0 Å². The van der Waals surface area contributed by atoms with Crippen LogP contribution in [0.15, 0.2) is 22.7 Å². The quantitative estimate of drug-likeness (QED) is 0.775. The number of methoxy groups -OCH3 is 1. The first-order valence-electron chi connectivity index (χ1n) is 5.99. The lowest BCUT2D eigenvalue weighted by Gasteiger charge is -2.19. The van der Waals surface area contributed by atoms with Gasteiger partial charge in [-0.15, -0.1) is 0 Å². The third-order valence-corrected chi connectivity index (χ3v) is 3.15. The molecule has 106 valence electrons. The van der Waals surface area contributed by atoms with Gasteiger partial charge < -0.3 is 20.5 Å². The zero-order valence-electron chi connectivity index (χ0n) is 11.2. The first-order chi connectivity index (χ1) is 8.97. The Balaban J connectivity index is 2.72. The summed E-state index contributed by atoms with van der Waals surface area (Å²) < 4.78 is 6.20. The highest BCUT2D eigenvalue weighted by molar-refractivity contribution is 9.10. The van der Waals surface area contributed by atoms with Crippen LogP contribution >= 0.6 is 15.9 Å². The van der Waals surface area contributed by atoms with Gasteiger partial charge in [0, 0.05) is 10.0 Å². The summed E-state index contributed by atoms with van der Waals surface area (Å²) >= 11 is 3.37. The average molecular weight is 331 g/mol. The van der Waals surface area contributed by atoms with E-state index in [1.54, 1.807) is 14.0 Å². The fourth-order valence-corrected chi connectivity index (χ4v) is 1.97. The summed E-state index contributed by atoms with van der Waals surface area (Å²) in [5, 5.41) is 14.3. The maximum Gasteiger partial charge on any atom is 0.315 e. The number of carbonyl (C=O) groups excluding carboxylic acids is 1. The average Bonchev–Trinajstić information content (AvgIpc) is 2.37. The third kappa shape index (κ3) is 4.72. The molecule has 19 heavy (non-hydrogen) atoms. The number of amides is 2. The molecular weight excluding hydrogens is 312 g/mol. The van der Waals surface area contributed by atoms with Crippen molar-refractivity contribution in [2.75, 3.05) is 13.7 Å². The first kappa shape index (κ1) is 15.8. The van der Waals surface area contributed by atoms with Gasteiger partial charge in [0.15, 0.2) is 0 Å². The molecule has 0 heterocycles. The Kier molecular flexibility index (Phi) is 6.11. The van der Waals surface area contributed by atoms with Crippen LogP contribution in [-0.4, -0.2) is 30.9 Å². The summed E-state index contributed by atoms with van der Waals surface area (Å²) in [5.41, 5.74) is 0.887. The molecule has 0 saturated heterocycles. The van der Waals surface area contributed by atoms with Crippen LogP contribution in [0.2, 0.25) is 0 Å². The topological polar surface area (TPSA) is 70.6 Å². The molecule has 2 amide bonds. The highest BCUT2D eigenvalue weighted by Gasteiger charge is 2.15. The van der Waals surface area contributed by atoms with Crippen LogP contribution < -0.4 is 15.4 Å². The number of urea groups is 1. The summed E-state index contributed by atoms with van der Waals surface area (Å²) in [5.74, 6) is 0.706. The highest BCUT2D eigenvalue weighted by atomic mass is 79.9. The summed E-state index contributed by atoms with van der Waals surface area (Å²) in [4.78, 5) is 11.7. The summed E-state index contributed by atoms with van der Waals surface area (Å²) in [6.45, 7) is 3.50. The summed E-state index contributed by atoms with van der Waals surface area (Å²) in [7, 11) is 1.59. The molecule has 0 saturated carbocycles. The number of hydrogen-bond donors (Lipinski definition) is 3. The maximum atomic E-state index is 11.7. The van der Waals surface area contributed by atoms with Gasteiger partial charge in [0.25, 0.3) is 0 Å². The van der Waals surface area contributed by atoms with Gasteiger partial charge in [-0.25, -0.2) is 4.79 Å². The Hall–Kier alpha value is -1.27. The van der Waals surface area contributed by atoms with Crippen molar-refractivity contribution in [1.29, 1.82) is 0 Å². The van der Waals surface area contributed by atoms with Gasteiger partial charge in [0.2, 0.25) is 0 Å². The number of aliphatic hydroxyl groups is 1. The Bertz CT molecular complexity index is 440. The van der Waals surface area contributed by atoms with Crippen LogP contribution in [0.3, 0.4) is 0 Å². The number of ether oxygens (including phenoxy) is 1. The number of hydrogen-bond acceptors (Lipinski definition) is 3. The molecule has 1 unspecified atom stereocenters. The van der Waals surface area contributed by atoms with Crippen molar-refractivity contribution in [3.05, 3.63) is 28.2 Å². The number of nitrogens with one attached hydrogen (secondary N) is 2. The van der Waals surface area contributed by atoms with E-state index in [0.29, 0.717) is 5.75 Å². The van der Waals surface area contributed by atoms with Gasteiger partial charge in [-0.3, -0.25) is 0 Å². The number of carbonyl (C=O) groups is 1. The Morgan fingerprint density at radius 1 is 1.42 bits per heavy atom. The van der Waals surface area contributed by atoms with E-state index in [1.807, 2.05) is 25.1 Å². The normalized spacial score (nSPS) is 13.5.